The van der Waals surface area contributed by atoms with Crippen molar-refractivity contribution in [1.82, 2.24) is 20.8 Å². The molecule has 0 aliphatic heterocycles. The van der Waals surface area contributed by atoms with E-state index in [1.54, 1.807) is 0 Å². The Kier molecular flexibility index (Phi) is 2.57. The summed E-state index contributed by atoms with van der Waals surface area (Å²) in [6, 6.07) is 0. The highest BCUT2D eigenvalue weighted by Crippen LogP contribution is 1.95. The average Bonchev–Trinajstić information content (AvgIpc) is 2.64. The average molecular weight is 184 g/mol. The van der Waals surface area contributed by atoms with Gasteiger partial charge >= 0.3 is 5.91 Å². The summed E-state index contributed by atoms with van der Waals surface area (Å²) in [4.78, 5) is 27.7. The second-order valence-electron chi connectivity index (χ2n) is 2.09. The molecule has 1 aromatic heterocycles. The molecule has 7 N–H and O–H groups in total. The maximum Gasteiger partial charge on any atom is 0.300 e. The van der Waals surface area contributed by atoms with Gasteiger partial charge in [0.1, 0.15) is 5.69 Å². The van der Waals surface area contributed by atoms with Crippen LogP contribution >= 0.6 is 0 Å². The van der Waals surface area contributed by atoms with Crippen LogP contribution < -0.4 is 22.5 Å². The van der Waals surface area contributed by atoms with Gasteiger partial charge in [-0.2, -0.15) is 0 Å². The van der Waals surface area contributed by atoms with Gasteiger partial charge in [-0.25, -0.2) is 16.7 Å². The molecule has 0 spiro atoms. The zero-order chi connectivity index (χ0) is 9.84. The van der Waals surface area contributed by atoms with Crippen molar-refractivity contribution < 1.29 is 9.59 Å². The van der Waals surface area contributed by atoms with Gasteiger partial charge in [0.2, 0.25) is 0 Å². The molecular formula is C5H8N6O2. The van der Waals surface area contributed by atoms with Gasteiger partial charge in [-0.1, -0.05) is 0 Å². The molecule has 0 atom stereocenters. The van der Waals surface area contributed by atoms with Crippen LogP contribution in [0.25, 0.3) is 0 Å². The number of aromatic amines is 1. The number of H-pyrrole nitrogens is 1. The molecule has 1 rings (SSSR count). The van der Waals surface area contributed by atoms with Gasteiger partial charge in [0.25, 0.3) is 5.91 Å². The first-order chi connectivity index (χ1) is 6.19. The van der Waals surface area contributed by atoms with Crippen LogP contribution in [-0.4, -0.2) is 21.8 Å². The van der Waals surface area contributed by atoms with Crippen LogP contribution in [0.2, 0.25) is 0 Å². The maximum absolute atomic E-state index is 10.9. The van der Waals surface area contributed by atoms with Gasteiger partial charge in [0.15, 0.2) is 5.82 Å². The Morgan fingerprint density at radius 1 is 1.31 bits per heavy atom. The Hall–Kier alpha value is -1.93. The Balaban J connectivity index is 2.86. The Morgan fingerprint density at radius 2 is 1.92 bits per heavy atom. The van der Waals surface area contributed by atoms with Gasteiger partial charge < -0.3 is 4.98 Å². The summed E-state index contributed by atoms with van der Waals surface area (Å²) in [5, 5.41) is 0. The third-order valence-corrected chi connectivity index (χ3v) is 1.30. The second kappa shape index (κ2) is 3.65. The predicted molar refractivity (Wildman–Crippen MR) is 41.9 cm³/mol. The third kappa shape index (κ3) is 1.80. The normalized spacial score (nSPS) is 9.38. The number of hydrazine groups is 2. The molecule has 13 heavy (non-hydrogen) atoms. The number of nitrogens with two attached hydrogens (primary N) is 2. The minimum Gasteiger partial charge on any atom is -0.330 e. The lowest BCUT2D eigenvalue weighted by Crippen LogP contribution is -2.32. The third-order valence-electron chi connectivity index (χ3n) is 1.30. The molecule has 0 unspecified atom stereocenters. The van der Waals surface area contributed by atoms with Crippen molar-refractivity contribution in [2.24, 2.45) is 11.7 Å². The van der Waals surface area contributed by atoms with Crippen LogP contribution in [-0.2, 0) is 0 Å². The molecule has 0 aliphatic rings. The predicted octanol–water partition coefficient (Wildman–Crippen LogP) is -2.38. The summed E-state index contributed by atoms with van der Waals surface area (Å²) < 4.78 is 0. The molecular weight excluding hydrogens is 176 g/mol. The number of hydrogen-bond acceptors (Lipinski definition) is 5. The van der Waals surface area contributed by atoms with E-state index in [9.17, 15) is 9.59 Å². The van der Waals surface area contributed by atoms with Crippen molar-refractivity contribution in [2.45, 2.75) is 0 Å². The van der Waals surface area contributed by atoms with E-state index in [-0.39, 0.29) is 11.5 Å². The first-order valence-corrected chi connectivity index (χ1v) is 3.26. The van der Waals surface area contributed by atoms with E-state index in [2.05, 4.69) is 9.97 Å². The standard InChI is InChI=1S/C5H8N6O2/c6-10-4(12)2-1-8-3(9-2)5(13)11-7/h1H,6-7H2,(H,8,9)(H,10,12)(H,11,13). The molecule has 1 aromatic rings. The molecule has 0 aliphatic carbocycles. The molecule has 2 amide bonds. The van der Waals surface area contributed by atoms with Crippen molar-refractivity contribution >= 4 is 11.8 Å². The summed E-state index contributed by atoms with van der Waals surface area (Å²) in [7, 11) is 0. The first kappa shape index (κ1) is 9.16. The lowest BCUT2D eigenvalue weighted by Gasteiger charge is -1.94. The number of amides is 2. The highest BCUT2D eigenvalue weighted by Gasteiger charge is 2.11. The van der Waals surface area contributed by atoms with Crippen molar-refractivity contribution in [1.29, 1.82) is 0 Å². The second-order valence-corrected chi connectivity index (χ2v) is 2.09. The summed E-state index contributed by atoms with van der Waals surface area (Å²) in [6.07, 6.45) is 1.17. The van der Waals surface area contributed by atoms with Gasteiger partial charge in [-0.3, -0.25) is 20.4 Å². The zero-order valence-electron chi connectivity index (χ0n) is 6.50. The molecule has 0 aromatic carbocycles. The van der Waals surface area contributed by atoms with Gasteiger partial charge in [0.05, 0.1) is 6.20 Å². The molecule has 0 bridgehead atoms. The number of aromatic nitrogens is 2. The fourth-order valence-electron chi connectivity index (χ4n) is 0.698. The minimum atomic E-state index is -0.615. The van der Waals surface area contributed by atoms with E-state index in [0.717, 1.165) is 0 Å². The van der Waals surface area contributed by atoms with Crippen LogP contribution in [0.1, 0.15) is 21.1 Å². The van der Waals surface area contributed by atoms with E-state index in [4.69, 9.17) is 11.7 Å². The number of rotatable bonds is 2. The van der Waals surface area contributed by atoms with E-state index < -0.39 is 11.8 Å². The van der Waals surface area contributed by atoms with Gasteiger partial charge in [-0.15, -0.1) is 0 Å². The number of nitrogens with zero attached hydrogens (tertiary/aromatic N) is 1. The van der Waals surface area contributed by atoms with E-state index in [0.29, 0.717) is 0 Å². The number of carbonyl (C=O) groups is 2. The molecule has 0 fully saturated rings. The monoisotopic (exact) mass is 184 g/mol. The van der Waals surface area contributed by atoms with Crippen molar-refractivity contribution in [3.8, 4) is 0 Å². The van der Waals surface area contributed by atoms with E-state index in [1.807, 2.05) is 10.9 Å². The smallest absolute Gasteiger partial charge is 0.300 e. The summed E-state index contributed by atoms with van der Waals surface area (Å²) >= 11 is 0. The Morgan fingerprint density at radius 3 is 2.46 bits per heavy atom. The summed E-state index contributed by atoms with van der Waals surface area (Å²) in [6.45, 7) is 0. The quantitative estimate of drug-likeness (QED) is 0.198. The lowest BCUT2D eigenvalue weighted by atomic mass is 10.5. The van der Waals surface area contributed by atoms with Crippen LogP contribution in [0.3, 0.4) is 0 Å². The molecule has 0 radical (unpaired) electrons. The Labute approximate surface area is 72.6 Å². The largest absolute Gasteiger partial charge is 0.330 e. The summed E-state index contributed by atoms with van der Waals surface area (Å²) in [5.41, 5.74) is 3.82. The van der Waals surface area contributed by atoms with E-state index in [1.165, 1.54) is 6.20 Å². The van der Waals surface area contributed by atoms with Crippen LogP contribution in [0.15, 0.2) is 6.20 Å². The van der Waals surface area contributed by atoms with Gasteiger partial charge in [0, 0.05) is 0 Å². The molecule has 70 valence electrons. The van der Waals surface area contributed by atoms with Crippen LogP contribution in [0, 0.1) is 0 Å². The highest BCUT2D eigenvalue weighted by atomic mass is 16.2. The number of carbonyl (C=O) groups excluding carboxylic acids is 2. The zero-order valence-corrected chi connectivity index (χ0v) is 6.50. The SMILES string of the molecule is NNC(=O)c1cnc(C(=O)NN)[nH]1. The van der Waals surface area contributed by atoms with E-state index >= 15 is 0 Å². The fourth-order valence-corrected chi connectivity index (χ4v) is 0.698. The fraction of sp³-hybridized carbons (Fsp3) is 0. The number of nitrogens with one attached hydrogen (secondary N) is 3. The minimum absolute atomic E-state index is 0.0545. The molecule has 8 nitrogen and oxygen atoms in total. The topological polar surface area (TPSA) is 139 Å². The number of hydrogen-bond donors (Lipinski definition) is 5. The van der Waals surface area contributed by atoms with Gasteiger partial charge in [-0.05, 0) is 0 Å². The van der Waals surface area contributed by atoms with Crippen molar-refractivity contribution in [2.75, 3.05) is 0 Å². The molecule has 0 saturated heterocycles. The highest BCUT2D eigenvalue weighted by molar-refractivity contribution is 5.95. The van der Waals surface area contributed by atoms with Crippen molar-refractivity contribution in [3.63, 3.8) is 0 Å². The van der Waals surface area contributed by atoms with Crippen molar-refractivity contribution in [3.05, 3.63) is 17.7 Å². The number of imidazole rings is 1. The lowest BCUT2D eigenvalue weighted by molar-refractivity contribution is 0.0944. The van der Waals surface area contributed by atoms with Crippen LogP contribution in [0.5, 0.6) is 0 Å². The molecule has 8 heteroatoms. The van der Waals surface area contributed by atoms with Crippen LogP contribution in [0.4, 0.5) is 0 Å². The first-order valence-electron chi connectivity index (χ1n) is 3.26. The number of nitrogen functional groups attached to an aromatic ring is 2. The Bertz CT molecular complexity index is 301. The molecule has 1 heterocycles. The summed E-state index contributed by atoms with van der Waals surface area (Å²) in [5.74, 6) is 8.45. The molecule has 0 saturated carbocycles. The maximum atomic E-state index is 10.9.